The fourth-order valence-electron chi connectivity index (χ4n) is 4.25. The van der Waals surface area contributed by atoms with E-state index < -0.39 is 0 Å². The number of hydrogen-bond acceptors (Lipinski definition) is 7. The molecule has 1 aliphatic rings. The number of benzene rings is 2. The summed E-state index contributed by atoms with van der Waals surface area (Å²) in [7, 11) is 9.64. The van der Waals surface area contributed by atoms with Gasteiger partial charge < -0.3 is 33.2 Å². The van der Waals surface area contributed by atoms with Crippen molar-refractivity contribution in [2.24, 2.45) is 11.8 Å². The number of ether oxygens (including phenoxy) is 7. The monoisotopic (exact) mass is 432 g/mol. The Labute approximate surface area is 184 Å². The lowest BCUT2D eigenvalue weighted by molar-refractivity contribution is 0.0285. The zero-order valence-corrected chi connectivity index (χ0v) is 19.5. The molecule has 2 aromatic carbocycles. The molecule has 4 atom stereocenters. The highest BCUT2D eigenvalue weighted by Crippen LogP contribution is 2.53. The van der Waals surface area contributed by atoms with Crippen LogP contribution in [0.1, 0.15) is 37.2 Å². The van der Waals surface area contributed by atoms with Gasteiger partial charge in [-0.2, -0.15) is 0 Å². The number of methoxy groups -OCH3 is 6. The van der Waals surface area contributed by atoms with Gasteiger partial charge in [0.25, 0.3) is 0 Å². The summed E-state index contributed by atoms with van der Waals surface area (Å²) in [4.78, 5) is 0. The Morgan fingerprint density at radius 2 is 0.806 bits per heavy atom. The van der Waals surface area contributed by atoms with Crippen molar-refractivity contribution in [3.8, 4) is 34.5 Å². The first-order valence-electron chi connectivity index (χ1n) is 10.2. The summed E-state index contributed by atoms with van der Waals surface area (Å²) < 4.78 is 39.6. The van der Waals surface area contributed by atoms with E-state index in [0.29, 0.717) is 34.5 Å². The van der Waals surface area contributed by atoms with Gasteiger partial charge in [-0.15, -0.1) is 0 Å². The molecule has 0 radical (unpaired) electrons. The topological polar surface area (TPSA) is 64.6 Å². The molecule has 0 N–H and O–H groups in total. The molecule has 31 heavy (non-hydrogen) atoms. The molecule has 0 aliphatic carbocycles. The van der Waals surface area contributed by atoms with Crippen LogP contribution in [0.2, 0.25) is 0 Å². The SMILES string of the molecule is COc1cc([C@@H]2O[C@@H](c3cc(OC)c(OC)c(OC)c3)[C@@H](C)[C@H]2C)cc(OC)c1OC. The summed E-state index contributed by atoms with van der Waals surface area (Å²) in [6.07, 6.45) is -0.291. The Morgan fingerprint density at radius 1 is 0.516 bits per heavy atom. The highest BCUT2D eigenvalue weighted by molar-refractivity contribution is 5.56. The minimum Gasteiger partial charge on any atom is -0.493 e. The maximum absolute atomic E-state index is 6.60. The molecule has 1 saturated heterocycles. The van der Waals surface area contributed by atoms with Gasteiger partial charge in [-0.3, -0.25) is 0 Å². The van der Waals surface area contributed by atoms with Crippen molar-refractivity contribution in [2.45, 2.75) is 26.1 Å². The average Bonchev–Trinajstić information content (AvgIpc) is 3.11. The third kappa shape index (κ3) is 4.06. The first-order valence-corrected chi connectivity index (χ1v) is 10.2. The van der Waals surface area contributed by atoms with E-state index in [9.17, 15) is 0 Å². The maximum atomic E-state index is 6.60. The largest absolute Gasteiger partial charge is 0.493 e. The van der Waals surface area contributed by atoms with Gasteiger partial charge in [-0.05, 0) is 47.2 Å². The van der Waals surface area contributed by atoms with E-state index in [4.69, 9.17) is 33.2 Å². The van der Waals surface area contributed by atoms with Crippen LogP contribution in [0, 0.1) is 11.8 Å². The molecule has 170 valence electrons. The van der Waals surface area contributed by atoms with E-state index in [-0.39, 0.29) is 24.0 Å². The normalized spacial score (nSPS) is 22.7. The summed E-state index contributed by atoms with van der Waals surface area (Å²) in [5.41, 5.74) is 1.95. The average molecular weight is 433 g/mol. The fourth-order valence-corrected chi connectivity index (χ4v) is 4.25. The molecule has 1 fully saturated rings. The fraction of sp³-hybridized carbons (Fsp3) is 0.500. The molecule has 1 heterocycles. The zero-order chi connectivity index (χ0) is 22.7. The second-order valence-electron chi connectivity index (χ2n) is 7.61. The van der Waals surface area contributed by atoms with Crippen molar-refractivity contribution in [2.75, 3.05) is 42.7 Å². The highest BCUT2D eigenvalue weighted by atomic mass is 16.5. The van der Waals surface area contributed by atoms with Gasteiger partial charge in [0.05, 0.1) is 54.9 Å². The Balaban J connectivity index is 2.01. The summed E-state index contributed by atoms with van der Waals surface area (Å²) in [6.45, 7) is 4.38. The lowest BCUT2D eigenvalue weighted by atomic mass is 9.85. The van der Waals surface area contributed by atoms with E-state index in [2.05, 4.69) is 13.8 Å². The molecular formula is C24H32O7. The first kappa shape index (κ1) is 22.9. The van der Waals surface area contributed by atoms with Crippen LogP contribution in [-0.2, 0) is 4.74 Å². The Bertz CT molecular complexity index is 787. The van der Waals surface area contributed by atoms with Crippen molar-refractivity contribution in [1.29, 1.82) is 0 Å². The molecule has 0 spiro atoms. The van der Waals surface area contributed by atoms with Gasteiger partial charge in [-0.1, -0.05) is 13.8 Å². The molecule has 0 saturated carbocycles. The summed E-state index contributed by atoms with van der Waals surface area (Å²) in [6, 6.07) is 7.80. The van der Waals surface area contributed by atoms with Crippen LogP contribution >= 0.6 is 0 Å². The van der Waals surface area contributed by atoms with Crippen molar-refractivity contribution >= 4 is 0 Å². The third-order valence-electron chi connectivity index (χ3n) is 6.11. The van der Waals surface area contributed by atoms with Crippen LogP contribution in [0.3, 0.4) is 0 Å². The first-order chi connectivity index (χ1) is 14.9. The van der Waals surface area contributed by atoms with E-state index in [1.54, 1.807) is 42.7 Å². The molecule has 0 unspecified atom stereocenters. The van der Waals surface area contributed by atoms with Gasteiger partial charge in [-0.25, -0.2) is 0 Å². The molecule has 7 heteroatoms. The smallest absolute Gasteiger partial charge is 0.203 e. The lowest BCUT2D eigenvalue weighted by Crippen LogP contribution is -2.10. The quantitative estimate of drug-likeness (QED) is 0.592. The third-order valence-corrected chi connectivity index (χ3v) is 6.11. The predicted molar refractivity (Wildman–Crippen MR) is 117 cm³/mol. The van der Waals surface area contributed by atoms with Crippen LogP contribution in [0.15, 0.2) is 24.3 Å². The number of hydrogen-bond donors (Lipinski definition) is 0. The van der Waals surface area contributed by atoms with Crippen molar-refractivity contribution in [3.63, 3.8) is 0 Å². The van der Waals surface area contributed by atoms with E-state index in [0.717, 1.165) is 11.1 Å². The molecular weight excluding hydrogens is 400 g/mol. The van der Waals surface area contributed by atoms with Gasteiger partial charge in [0.2, 0.25) is 11.5 Å². The maximum Gasteiger partial charge on any atom is 0.203 e. The minimum atomic E-state index is -0.146. The van der Waals surface area contributed by atoms with Crippen molar-refractivity contribution < 1.29 is 33.2 Å². The molecule has 0 amide bonds. The molecule has 3 rings (SSSR count). The van der Waals surface area contributed by atoms with E-state index in [1.165, 1.54) is 0 Å². The zero-order valence-electron chi connectivity index (χ0n) is 19.5. The Kier molecular flexibility index (Phi) is 7.05. The highest BCUT2D eigenvalue weighted by Gasteiger charge is 2.41. The molecule has 0 aromatic heterocycles. The van der Waals surface area contributed by atoms with Crippen LogP contribution in [0.5, 0.6) is 34.5 Å². The van der Waals surface area contributed by atoms with Crippen molar-refractivity contribution in [1.82, 2.24) is 0 Å². The van der Waals surface area contributed by atoms with Crippen LogP contribution < -0.4 is 28.4 Å². The van der Waals surface area contributed by atoms with Crippen LogP contribution in [-0.4, -0.2) is 42.7 Å². The van der Waals surface area contributed by atoms with E-state index in [1.807, 2.05) is 24.3 Å². The van der Waals surface area contributed by atoms with Gasteiger partial charge >= 0.3 is 0 Å². The second-order valence-corrected chi connectivity index (χ2v) is 7.61. The Hall–Kier alpha value is -2.80. The summed E-state index contributed by atoms with van der Waals surface area (Å²) in [5, 5.41) is 0. The summed E-state index contributed by atoms with van der Waals surface area (Å²) in [5.74, 6) is 4.04. The van der Waals surface area contributed by atoms with Crippen molar-refractivity contribution in [3.05, 3.63) is 35.4 Å². The second kappa shape index (κ2) is 9.56. The van der Waals surface area contributed by atoms with E-state index >= 15 is 0 Å². The van der Waals surface area contributed by atoms with Crippen LogP contribution in [0.25, 0.3) is 0 Å². The Morgan fingerprint density at radius 3 is 1.03 bits per heavy atom. The predicted octanol–water partition coefficient (Wildman–Crippen LogP) is 4.82. The van der Waals surface area contributed by atoms with Crippen LogP contribution in [0.4, 0.5) is 0 Å². The lowest BCUT2D eigenvalue weighted by Gasteiger charge is -2.20. The van der Waals surface area contributed by atoms with Gasteiger partial charge in [0.1, 0.15) is 0 Å². The van der Waals surface area contributed by atoms with Gasteiger partial charge in [0, 0.05) is 0 Å². The molecule has 7 nitrogen and oxygen atoms in total. The number of rotatable bonds is 8. The van der Waals surface area contributed by atoms with Gasteiger partial charge in [0.15, 0.2) is 23.0 Å². The minimum absolute atomic E-state index is 0.146. The standard InChI is InChI=1S/C24H32O7/c1-13-14(2)22(16-11-19(27-5)24(30-8)20(12-16)28-6)31-21(13)15-9-17(25-3)23(29-7)18(10-15)26-4/h9-14,21-22H,1-8H3/t13-,14+,21-,22-/m1/s1. The molecule has 1 aliphatic heterocycles. The molecule has 2 aromatic rings. The summed E-state index contributed by atoms with van der Waals surface area (Å²) >= 11 is 0. The molecule has 0 bridgehead atoms.